The van der Waals surface area contributed by atoms with Gasteiger partial charge in [-0.25, -0.2) is 0 Å². The van der Waals surface area contributed by atoms with Crippen molar-refractivity contribution in [1.82, 2.24) is 10.2 Å². The number of nitrogens with zero attached hydrogens (tertiary/aromatic N) is 1. The Kier molecular flexibility index (Phi) is 6.95. The molecule has 1 amide bonds. The van der Waals surface area contributed by atoms with Crippen LogP contribution in [-0.4, -0.2) is 35.7 Å². The number of hydrogen-bond acceptors (Lipinski definition) is 4. The molecular weight excluding hydrogens is 350 g/mol. The zero-order valence-electron chi connectivity index (χ0n) is 16.7. The molecule has 148 valence electrons. The van der Waals surface area contributed by atoms with Crippen LogP contribution >= 0.6 is 0 Å². The van der Waals surface area contributed by atoms with Crippen LogP contribution in [0.4, 0.5) is 5.69 Å². The first-order valence-electron chi connectivity index (χ1n) is 9.97. The number of hydrogen-bond donors (Lipinski definition) is 2. The molecule has 1 heterocycles. The zero-order chi connectivity index (χ0) is 19.9. The van der Waals surface area contributed by atoms with Gasteiger partial charge < -0.3 is 10.6 Å². The van der Waals surface area contributed by atoms with Crippen LogP contribution < -0.4 is 10.6 Å². The van der Waals surface area contributed by atoms with Crippen molar-refractivity contribution < 1.29 is 9.59 Å². The van der Waals surface area contributed by atoms with Crippen molar-refractivity contribution in [2.24, 2.45) is 0 Å². The van der Waals surface area contributed by atoms with Crippen LogP contribution in [0.3, 0.4) is 0 Å². The molecule has 1 atom stereocenters. The lowest BCUT2D eigenvalue weighted by molar-refractivity contribution is -0.117. The van der Waals surface area contributed by atoms with Crippen molar-refractivity contribution >= 4 is 17.4 Å². The molecule has 5 nitrogen and oxygen atoms in total. The number of likely N-dealkylation sites (tertiary alicyclic amines) is 1. The van der Waals surface area contributed by atoms with E-state index in [0.29, 0.717) is 17.8 Å². The molecule has 0 saturated carbocycles. The summed E-state index contributed by atoms with van der Waals surface area (Å²) in [5, 5.41) is 6.23. The standard InChI is InChI=1S/C23H29N3O2/c1-17(23(28)25-22-11-9-19(10-12-22)18(2)27)24-15-20-7-3-4-8-21(20)16-26-13-5-6-14-26/h3-4,7-12,17,24H,5-6,13-16H2,1-2H3,(H,25,28)/t17-/m1/s1. The van der Waals surface area contributed by atoms with Crippen molar-refractivity contribution in [2.75, 3.05) is 18.4 Å². The summed E-state index contributed by atoms with van der Waals surface area (Å²) in [5.74, 6) is -0.0758. The Morgan fingerprint density at radius 3 is 2.29 bits per heavy atom. The molecule has 0 bridgehead atoms. The average Bonchev–Trinajstić information content (AvgIpc) is 3.20. The summed E-state index contributed by atoms with van der Waals surface area (Å²) < 4.78 is 0. The van der Waals surface area contributed by atoms with E-state index in [0.717, 1.165) is 6.54 Å². The fourth-order valence-electron chi connectivity index (χ4n) is 3.46. The maximum absolute atomic E-state index is 12.5. The fourth-order valence-corrected chi connectivity index (χ4v) is 3.46. The van der Waals surface area contributed by atoms with E-state index >= 15 is 0 Å². The van der Waals surface area contributed by atoms with Gasteiger partial charge in [0.2, 0.25) is 5.91 Å². The largest absolute Gasteiger partial charge is 0.325 e. The van der Waals surface area contributed by atoms with Crippen molar-refractivity contribution in [3.8, 4) is 0 Å². The maximum Gasteiger partial charge on any atom is 0.241 e. The van der Waals surface area contributed by atoms with E-state index in [2.05, 4.69) is 33.7 Å². The molecule has 0 radical (unpaired) electrons. The first-order chi connectivity index (χ1) is 13.5. The van der Waals surface area contributed by atoms with E-state index < -0.39 is 0 Å². The van der Waals surface area contributed by atoms with Crippen LogP contribution in [0, 0.1) is 0 Å². The van der Waals surface area contributed by atoms with Crippen molar-refractivity contribution in [3.63, 3.8) is 0 Å². The van der Waals surface area contributed by atoms with Crippen molar-refractivity contribution in [1.29, 1.82) is 0 Å². The second kappa shape index (κ2) is 9.62. The van der Waals surface area contributed by atoms with Gasteiger partial charge in [-0.15, -0.1) is 0 Å². The van der Waals surface area contributed by atoms with E-state index in [9.17, 15) is 9.59 Å². The number of Topliss-reactive ketones (excluding diaryl/α,β-unsaturated/α-hetero) is 1. The minimum atomic E-state index is -0.327. The molecule has 2 aromatic carbocycles. The average molecular weight is 380 g/mol. The number of amides is 1. The molecule has 5 heteroatoms. The normalized spacial score (nSPS) is 15.4. The predicted octanol–water partition coefficient (Wildman–Crippen LogP) is 3.60. The maximum atomic E-state index is 12.5. The third-order valence-corrected chi connectivity index (χ3v) is 5.26. The molecule has 2 N–H and O–H groups in total. The Morgan fingerprint density at radius 1 is 1.00 bits per heavy atom. The number of ketones is 1. The molecule has 0 unspecified atom stereocenters. The summed E-state index contributed by atoms with van der Waals surface area (Å²) >= 11 is 0. The van der Waals surface area contributed by atoms with Crippen LogP contribution in [0.1, 0.15) is 48.2 Å². The highest BCUT2D eigenvalue weighted by Crippen LogP contribution is 2.16. The van der Waals surface area contributed by atoms with Gasteiger partial charge in [0.25, 0.3) is 0 Å². The summed E-state index contributed by atoms with van der Waals surface area (Å²) in [5.41, 5.74) is 3.89. The molecule has 1 fully saturated rings. The first kappa shape index (κ1) is 20.2. The highest BCUT2D eigenvalue weighted by Gasteiger charge is 2.16. The van der Waals surface area contributed by atoms with Gasteiger partial charge in [0.1, 0.15) is 0 Å². The molecular formula is C23H29N3O2. The van der Waals surface area contributed by atoms with Crippen molar-refractivity contribution in [2.45, 2.75) is 45.8 Å². The van der Waals surface area contributed by atoms with E-state index in [4.69, 9.17) is 0 Å². The number of anilines is 1. The molecule has 0 aliphatic carbocycles. The summed E-state index contributed by atoms with van der Waals surface area (Å²) in [6.07, 6.45) is 2.57. The van der Waals surface area contributed by atoms with Gasteiger partial charge >= 0.3 is 0 Å². The molecule has 2 aromatic rings. The molecule has 1 aliphatic rings. The fraction of sp³-hybridized carbons (Fsp3) is 0.391. The van der Waals surface area contributed by atoms with Crippen LogP contribution in [0.25, 0.3) is 0 Å². The molecule has 3 rings (SSSR count). The lowest BCUT2D eigenvalue weighted by atomic mass is 10.1. The smallest absolute Gasteiger partial charge is 0.241 e. The predicted molar refractivity (Wildman–Crippen MR) is 112 cm³/mol. The number of benzene rings is 2. The zero-order valence-corrected chi connectivity index (χ0v) is 16.7. The van der Waals surface area contributed by atoms with Crippen molar-refractivity contribution in [3.05, 3.63) is 65.2 Å². The van der Waals surface area contributed by atoms with E-state index in [1.165, 1.54) is 44.0 Å². The summed E-state index contributed by atoms with van der Waals surface area (Å²) in [6, 6.07) is 15.1. The summed E-state index contributed by atoms with van der Waals surface area (Å²) in [7, 11) is 0. The lowest BCUT2D eigenvalue weighted by Crippen LogP contribution is -2.37. The SMILES string of the molecule is CC(=O)c1ccc(NC(=O)[C@@H](C)NCc2ccccc2CN2CCCC2)cc1. The van der Waals surface area contributed by atoms with Crippen LogP contribution in [-0.2, 0) is 17.9 Å². The van der Waals surface area contributed by atoms with Gasteiger partial charge in [0.15, 0.2) is 5.78 Å². The molecule has 0 aromatic heterocycles. The minimum absolute atomic E-state index is 0.0144. The van der Waals surface area contributed by atoms with Gasteiger partial charge in [0, 0.05) is 24.3 Å². The first-order valence-corrected chi connectivity index (χ1v) is 9.97. The van der Waals surface area contributed by atoms with E-state index in [-0.39, 0.29) is 17.7 Å². The Hall–Kier alpha value is -2.50. The van der Waals surface area contributed by atoms with Gasteiger partial charge in [0.05, 0.1) is 6.04 Å². The Morgan fingerprint density at radius 2 is 1.64 bits per heavy atom. The van der Waals surface area contributed by atoms with Crippen LogP contribution in [0.2, 0.25) is 0 Å². The Balaban J connectivity index is 1.54. The third-order valence-electron chi connectivity index (χ3n) is 5.26. The Labute approximate surface area is 167 Å². The van der Waals surface area contributed by atoms with Gasteiger partial charge in [-0.05, 0) is 75.2 Å². The van der Waals surface area contributed by atoms with Crippen LogP contribution in [0.5, 0.6) is 0 Å². The topological polar surface area (TPSA) is 61.4 Å². The van der Waals surface area contributed by atoms with Gasteiger partial charge in [-0.2, -0.15) is 0 Å². The second-order valence-electron chi connectivity index (χ2n) is 7.48. The van der Waals surface area contributed by atoms with E-state index in [1.807, 2.05) is 13.0 Å². The van der Waals surface area contributed by atoms with Gasteiger partial charge in [-0.1, -0.05) is 24.3 Å². The second-order valence-corrected chi connectivity index (χ2v) is 7.48. The number of carbonyl (C=O) groups excluding carboxylic acids is 2. The quantitative estimate of drug-likeness (QED) is 0.688. The van der Waals surface area contributed by atoms with E-state index in [1.54, 1.807) is 24.3 Å². The van der Waals surface area contributed by atoms with Gasteiger partial charge in [-0.3, -0.25) is 14.5 Å². The summed E-state index contributed by atoms with van der Waals surface area (Å²) in [4.78, 5) is 26.3. The monoisotopic (exact) mass is 379 g/mol. The number of nitrogens with one attached hydrogen (secondary N) is 2. The highest BCUT2D eigenvalue weighted by atomic mass is 16.2. The summed E-state index contributed by atoms with van der Waals surface area (Å²) in [6.45, 7) is 7.36. The third kappa shape index (κ3) is 5.50. The minimum Gasteiger partial charge on any atom is -0.325 e. The number of rotatable bonds is 8. The molecule has 28 heavy (non-hydrogen) atoms. The lowest BCUT2D eigenvalue weighted by Gasteiger charge is -2.19. The molecule has 1 saturated heterocycles. The highest BCUT2D eigenvalue weighted by molar-refractivity contribution is 5.96. The Bertz CT molecular complexity index is 811. The number of carbonyl (C=O) groups is 2. The molecule has 1 aliphatic heterocycles. The van der Waals surface area contributed by atoms with Crippen LogP contribution in [0.15, 0.2) is 48.5 Å². The molecule has 0 spiro atoms.